The van der Waals surface area contributed by atoms with Gasteiger partial charge in [0.15, 0.2) is 11.5 Å². The van der Waals surface area contributed by atoms with Crippen molar-refractivity contribution in [3.05, 3.63) is 53.4 Å². The molecule has 0 fully saturated rings. The quantitative estimate of drug-likeness (QED) is 0.383. The molecule has 0 spiro atoms. The minimum absolute atomic E-state index is 0. The van der Waals surface area contributed by atoms with Crippen LogP contribution in [0.1, 0.15) is 41.5 Å². The smallest absolute Gasteiger partial charge is 0.340 e. The summed E-state index contributed by atoms with van der Waals surface area (Å²) in [6.45, 7) is 1.74. The number of fused-ring (bicyclic) bond motifs is 1. The number of rotatable bonds is 2. The molecule has 2 aromatic carbocycles. The average Bonchev–Trinajstić information content (AvgIpc) is 3.03. The molecular weight excluding hydrogens is 364 g/mol. The van der Waals surface area contributed by atoms with Gasteiger partial charge in [-0.25, -0.2) is 14.6 Å². The second-order valence-corrected chi connectivity index (χ2v) is 5.11. The zero-order valence-electron chi connectivity index (χ0n) is 14.5. The van der Waals surface area contributed by atoms with Crippen LogP contribution in [-0.4, -0.2) is 36.2 Å². The Labute approximate surface area is 163 Å². The molecule has 1 heterocycles. The van der Waals surface area contributed by atoms with Gasteiger partial charge in [0.05, 0.1) is 31.0 Å². The molecule has 0 bridgehead atoms. The first-order chi connectivity index (χ1) is 12.4. The highest BCUT2D eigenvalue weighted by Gasteiger charge is 2.14. The third-order valence-corrected chi connectivity index (χ3v) is 3.42. The van der Waals surface area contributed by atoms with Gasteiger partial charge in [0.1, 0.15) is 11.3 Å². The molecule has 1 aromatic heterocycles. The summed E-state index contributed by atoms with van der Waals surface area (Å²) in [4.78, 5) is 26.4. The normalized spacial score (nSPS) is 9.25. The Hall–Kier alpha value is -3.55. The van der Waals surface area contributed by atoms with Crippen LogP contribution in [0.25, 0.3) is 11.1 Å². The van der Waals surface area contributed by atoms with Crippen LogP contribution in [0.15, 0.2) is 40.8 Å². The number of oxazole rings is 1. The van der Waals surface area contributed by atoms with E-state index < -0.39 is 11.9 Å². The van der Waals surface area contributed by atoms with E-state index >= 15 is 0 Å². The molecule has 0 aliphatic rings. The standard InChI is InChI=1S/C10H9NO3.C8H9NO3.2CH4/c1-6-11-9-7(10(12)13-2)4-3-5-8(9)14-6;1-12-8(11)5-3-2-4-6(10)7(5)9;;/h3-5H,1-2H3;2-4,10H,9H2,1H3;2*1H4. The van der Waals surface area contributed by atoms with Gasteiger partial charge in [-0.2, -0.15) is 0 Å². The summed E-state index contributed by atoms with van der Waals surface area (Å²) >= 11 is 0. The van der Waals surface area contributed by atoms with E-state index in [0.29, 0.717) is 22.6 Å². The van der Waals surface area contributed by atoms with Crippen LogP contribution >= 0.6 is 0 Å². The van der Waals surface area contributed by atoms with Gasteiger partial charge in [-0.15, -0.1) is 0 Å². The third-order valence-electron chi connectivity index (χ3n) is 3.42. The molecule has 0 unspecified atom stereocenters. The van der Waals surface area contributed by atoms with Gasteiger partial charge in [-0.3, -0.25) is 0 Å². The fourth-order valence-corrected chi connectivity index (χ4v) is 2.18. The molecule has 3 rings (SSSR count). The van der Waals surface area contributed by atoms with Gasteiger partial charge in [0.25, 0.3) is 0 Å². The largest absolute Gasteiger partial charge is 0.506 e. The zero-order valence-corrected chi connectivity index (χ0v) is 14.5. The fraction of sp³-hybridized carbons (Fsp3) is 0.250. The van der Waals surface area contributed by atoms with E-state index in [9.17, 15) is 9.59 Å². The molecule has 0 amide bonds. The Morgan fingerprint density at radius 2 is 1.54 bits per heavy atom. The number of nitrogens with two attached hydrogens (primary N) is 1. The number of phenols is 1. The summed E-state index contributed by atoms with van der Waals surface area (Å²) in [6, 6.07) is 9.58. The van der Waals surface area contributed by atoms with Gasteiger partial charge in [0.2, 0.25) is 0 Å². The van der Waals surface area contributed by atoms with Crippen LogP contribution in [0.3, 0.4) is 0 Å². The van der Waals surface area contributed by atoms with Crippen molar-refractivity contribution in [3.63, 3.8) is 0 Å². The number of aromatic nitrogens is 1. The molecule has 152 valence electrons. The number of aromatic hydroxyl groups is 1. The highest BCUT2D eigenvalue weighted by atomic mass is 16.5. The third kappa shape index (κ3) is 5.23. The molecule has 0 saturated heterocycles. The van der Waals surface area contributed by atoms with Crippen molar-refractivity contribution in [2.45, 2.75) is 21.8 Å². The molecule has 3 N–H and O–H groups in total. The first-order valence-electron chi connectivity index (χ1n) is 7.49. The summed E-state index contributed by atoms with van der Waals surface area (Å²) in [5.74, 6) is -0.526. The highest BCUT2D eigenvalue weighted by molar-refractivity contribution is 6.01. The number of nitrogens with zero attached hydrogens (tertiary/aromatic N) is 1. The van der Waals surface area contributed by atoms with Crippen molar-refractivity contribution in [1.82, 2.24) is 4.98 Å². The van der Waals surface area contributed by atoms with Gasteiger partial charge in [-0.05, 0) is 24.3 Å². The molecule has 0 aliphatic heterocycles. The number of methoxy groups -OCH3 is 2. The molecule has 0 radical (unpaired) electrons. The topological polar surface area (TPSA) is 125 Å². The van der Waals surface area contributed by atoms with Crippen molar-refractivity contribution < 1.29 is 28.6 Å². The lowest BCUT2D eigenvalue weighted by atomic mass is 10.2. The Morgan fingerprint density at radius 1 is 1.00 bits per heavy atom. The number of carbonyl (C=O) groups excluding carboxylic acids is 2. The van der Waals surface area contributed by atoms with Crippen LogP contribution in [0.2, 0.25) is 0 Å². The first kappa shape index (κ1) is 24.5. The van der Waals surface area contributed by atoms with Crippen molar-refractivity contribution in [2.75, 3.05) is 20.0 Å². The van der Waals surface area contributed by atoms with E-state index in [1.54, 1.807) is 25.1 Å². The molecule has 8 nitrogen and oxygen atoms in total. The summed E-state index contributed by atoms with van der Waals surface area (Å²) in [6.07, 6.45) is 0. The Morgan fingerprint density at radius 3 is 2.14 bits per heavy atom. The number of hydrogen-bond donors (Lipinski definition) is 2. The molecule has 3 aromatic rings. The lowest BCUT2D eigenvalue weighted by molar-refractivity contribution is 0.0593. The summed E-state index contributed by atoms with van der Waals surface area (Å²) in [5.41, 5.74) is 7.22. The SMILES string of the molecule is C.C.COC(=O)c1cccc(O)c1N.COC(=O)c1cccc2oc(C)nc12. The number of hydrogen-bond acceptors (Lipinski definition) is 8. The fourth-order valence-electron chi connectivity index (χ4n) is 2.18. The number of para-hydroxylation sites is 2. The molecular formula is C20H26N2O6. The van der Waals surface area contributed by atoms with Gasteiger partial charge < -0.3 is 24.7 Å². The minimum atomic E-state index is -0.552. The second-order valence-electron chi connectivity index (χ2n) is 5.11. The Bertz CT molecular complexity index is 949. The zero-order chi connectivity index (χ0) is 19.3. The van der Waals surface area contributed by atoms with E-state index in [1.165, 1.54) is 32.4 Å². The van der Waals surface area contributed by atoms with Gasteiger partial charge >= 0.3 is 11.9 Å². The molecule has 8 heteroatoms. The number of carbonyl (C=O) groups is 2. The van der Waals surface area contributed by atoms with Crippen LogP contribution in [0, 0.1) is 6.92 Å². The van der Waals surface area contributed by atoms with Crippen molar-refractivity contribution in [2.24, 2.45) is 0 Å². The molecule has 0 atom stereocenters. The Balaban J connectivity index is 0.000000492. The van der Waals surface area contributed by atoms with E-state index in [4.69, 9.17) is 15.3 Å². The van der Waals surface area contributed by atoms with Crippen LogP contribution in [0.4, 0.5) is 5.69 Å². The lowest BCUT2D eigenvalue weighted by Gasteiger charge is -2.03. The van der Waals surface area contributed by atoms with E-state index in [1.807, 2.05) is 0 Å². The van der Waals surface area contributed by atoms with E-state index in [-0.39, 0.29) is 31.9 Å². The maximum atomic E-state index is 11.3. The van der Waals surface area contributed by atoms with Gasteiger partial charge in [0, 0.05) is 6.92 Å². The van der Waals surface area contributed by atoms with Crippen molar-refractivity contribution >= 4 is 28.7 Å². The summed E-state index contributed by atoms with van der Waals surface area (Å²) < 4.78 is 14.4. The van der Waals surface area contributed by atoms with Crippen molar-refractivity contribution in [1.29, 1.82) is 0 Å². The molecule has 28 heavy (non-hydrogen) atoms. The average molecular weight is 390 g/mol. The maximum absolute atomic E-state index is 11.3. The van der Waals surface area contributed by atoms with Crippen LogP contribution < -0.4 is 5.73 Å². The number of phenolic OH excluding ortho intramolecular Hbond substituents is 1. The van der Waals surface area contributed by atoms with Crippen molar-refractivity contribution in [3.8, 4) is 5.75 Å². The monoisotopic (exact) mass is 390 g/mol. The molecule has 0 saturated carbocycles. The van der Waals surface area contributed by atoms with E-state index in [0.717, 1.165) is 0 Å². The predicted molar refractivity (Wildman–Crippen MR) is 107 cm³/mol. The number of nitrogen functional groups attached to an aromatic ring is 1. The maximum Gasteiger partial charge on any atom is 0.340 e. The number of esters is 2. The van der Waals surface area contributed by atoms with E-state index in [2.05, 4.69) is 14.5 Å². The number of anilines is 1. The predicted octanol–water partition coefficient (Wildman–Crippen LogP) is 3.96. The first-order valence-corrected chi connectivity index (χ1v) is 7.49. The summed E-state index contributed by atoms with van der Waals surface area (Å²) in [7, 11) is 2.60. The second kappa shape index (κ2) is 10.6. The number of benzene rings is 2. The minimum Gasteiger partial charge on any atom is -0.506 e. The van der Waals surface area contributed by atoms with Gasteiger partial charge in [-0.1, -0.05) is 27.0 Å². The lowest BCUT2D eigenvalue weighted by Crippen LogP contribution is -2.05. The number of aryl methyl sites for hydroxylation is 1. The number of ether oxygens (including phenoxy) is 2. The summed E-state index contributed by atoms with van der Waals surface area (Å²) in [5, 5.41) is 9.11. The highest BCUT2D eigenvalue weighted by Crippen LogP contribution is 2.23. The Kier molecular flexibility index (Phi) is 9.22. The molecule has 0 aliphatic carbocycles. The van der Waals surface area contributed by atoms with Crippen LogP contribution in [-0.2, 0) is 9.47 Å². The van der Waals surface area contributed by atoms with Crippen LogP contribution in [0.5, 0.6) is 5.75 Å².